The lowest BCUT2D eigenvalue weighted by Gasteiger charge is -2.16. The number of anilines is 1. The Morgan fingerprint density at radius 3 is 2.52 bits per heavy atom. The van der Waals surface area contributed by atoms with Crippen LogP contribution in [0.2, 0.25) is 0 Å². The van der Waals surface area contributed by atoms with Gasteiger partial charge in [0.2, 0.25) is 11.7 Å². The summed E-state index contributed by atoms with van der Waals surface area (Å²) >= 11 is 0. The van der Waals surface area contributed by atoms with Crippen LogP contribution in [0.3, 0.4) is 0 Å². The lowest BCUT2D eigenvalue weighted by molar-refractivity contribution is -0.125. The lowest BCUT2D eigenvalue weighted by Crippen LogP contribution is -2.28. The van der Waals surface area contributed by atoms with Crippen LogP contribution in [0.25, 0.3) is 16.5 Å². The largest absolute Gasteiger partial charge is 0.475 e. The van der Waals surface area contributed by atoms with Crippen LogP contribution in [0.4, 0.5) is 5.69 Å². The van der Waals surface area contributed by atoms with Gasteiger partial charge in [0, 0.05) is 24.6 Å². The standard InChI is InChI=1S/C17H20N2O4/c1-4-19(5-2)14(20)8-10(3)11-6-7-13-12(9-11)15(18)16(23-13)17(21)22/h6-9H,4-5,18H2,1-3H3,(H,21,22). The van der Waals surface area contributed by atoms with Gasteiger partial charge in [-0.25, -0.2) is 4.79 Å². The number of nitrogens with two attached hydrogens (primary N) is 1. The molecule has 0 aliphatic carbocycles. The first kappa shape index (κ1) is 16.6. The number of rotatable bonds is 5. The highest BCUT2D eigenvalue weighted by molar-refractivity contribution is 6.04. The number of hydrogen-bond acceptors (Lipinski definition) is 4. The summed E-state index contributed by atoms with van der Waals surface area (Å²) in [4.78, 5) is 24.9. The van der Waals surface area contributed by atoms with Crippen LogP contribution in [0, 0.1) is 0 Å². The van der Waals surface area contributed by atoms with E-state index in [1.807, 2.05) is 20.8 Å². The van der Waals surface area contributed by atoms with Crippen LogP contribution in [-0.4, -0.2) is 35.0 Å². The number of likely N-dealkylation sites (N-methyl/N-ethyl adjacent to an activating group) is 1. The first-order valence-corrected chi connectivity index (χ1v) is 7.41. The third-order valence-electron chi connectivity index (χ3n) is 3.79. The molecule has 0 bridgehead atoms. The Labute approximate surface area is 134 Å². The predicted molar refractivity (Wildman–Crippen MR) is 89.2 cm³/mol. The molecule has 2 rings (SSSR count). The van der Waals surface area contributed by atoms with Crippen LogP contribution >= 0.6 is 0 Å². The van der Waals surface area contributed by atoms with E-state index in [1.165, 1.54) is 0 Å². The molecule has 0 spiro atoms. The van der Waals surface area contributed by atoms with Crippen molar-refractivity contribution in [2.45, 2.75) is 20.8 Å². The molecule has 0 aliphatic rings. The summed E-state index contributed by atoms with van der Waals surface area (Å²) in [5.74, 6) is -1.53. The number of carboxylic acids is 1. The molecule has 0 radical (unpaired) electrons. The molecule has 1 aromatic heterocycles. The van der Waals surface area contributed by atoms with Gasteiger partial charge < -0.3 is 20.2 Å². The summed E-state index contributed by atoms with van der Waals surface area (Å²) in [6.07, 6.45) is 1.57. The van der Waals surface area contributed by atoms with Crippen molar-refractivity contribution in [3.8, 4) is 0 Å². The topological polar surface area (TPSA) is 96.8 Å². The maximum atomic E-state index is 12.1. The van der Waals surface area contributed by atoms with Gasteiger partial charge in [0.25, 0.3) is 0 Å². The molecule has 6 nitrogen and oxygen atoms in total. The number of furan rings is 1. The highest BCUT2D eigenvalue weighted by Gasteiger charge is 2.18. The summed E-state index contributed by atoms with van der Waals surface area (Å²) in [5.41, 5.74) is 7.91. The number of benzene rings is 1. The minimum absolute atomic E-state index is 0.0565. The van der Waals surface area contributed by atoms with Crippen molar-refractivity contribution < 1.29 is 19.1 Å². The van der Waals surface area contributed by atoms with E-state index in [9.17, 15) is 9.59 Å². The molecule has 1 amide bonds. The second-order valence-electron chi connectivity index (χ2n) is 5.20. The van der Waals surface area contributed by atoms with Crippen molar-refractivity contribution in [1.82, 2.24) is 4.90 Å². The SMILES string of the molecule is CCN(CC)C(=O)C=C(C)c1ccc2oc(C(=O)O)c(N)c2c1. The number of allylic oxidation sites excluding steroid dienone is 1. The Bertz CT molecular complexity index is 785. The van der Waals surface area contributed by atoms with E-state index in [0.29, 0.717) is 24.1 Å². The summed E-state index contributed by atoms with van der Waals surface area (Å²) in [6.45, 7) is 6.98. The molecule has 23 heavy (non-hydrogen) atoms. The van der Waals surface area contributed by atoms with Gasteiger partial charge in [-0.2, -0.15) is 0 Å². The first-order valence-electron chi connectivity index (χ1n) is 7.41. The highest BCUT2D eigenvalue weighted by Crippen LogP contribution is 2.30. The number of fused-ring (bicyclic) bond motifs is 1. The number of nitrogens with zero attached hydrogens (tertiary/aromatic N) is 1. The van der Waals surface area contributed by atoms with Crippen LogP contribution in [0.1, 0.15) is 36.9 Å². The molecule has 122 valence electrons. The van der Waals surface area contributed by atoms with Gasteiger partial charge in [0.05, 0.1) is 5.69 Å². The molecule has 0 fully saturated rings. The zero-order chi connectivity index (χ0) is 17.1. The second-order valence-corrected chi connectivity index (χ2v) is 5.20. The Balaban J connectivity index is 2.42. The summed E-state index contributed by atoms with van der Waals surface area (Å²) in [5, 5.41) is 9.57. The van der Waals surface area contributed by atoms with Gasteiger partial charge in [-0.1, -0.05) is 6.07 Å². The van der Waals surface area contributed by atoms with Gasteiger partial charge >= 0.3 is 5.97 Å². The number of amides is 1. The molecule has 0 unspecified atom stereocenters. The summed E-state index contributed by atoms with van der Waals surface area (Å²) in [6, 6.07) is 5.17. The molecule has 6 heteroatoms. The molecule has 1 heterocycles. The third-order valence-corrected chi connectivity index (χ3v) is 3.79. The van der Waals surface area contributed by atoms with Crippen LogP contribution < -0.4 is 5.73 Å². The second kappa shape index (κ2) is 6.56. The Kier molecular flexibility index (Phi) is 4.74. The van der Waals surface area contributed by atoms with E-state index in [1.54, 1.807) is 29.2 Å². The number of carbonyl (C=O) groups excluding carboxylic acids is 1. The highest BCUT2D eigenvalue weighted by atomic mass is 16.4. The number of aromatic carboxylic acids is 1. The Morgan fingerprint density at radius 1 is 1.30 bits per heavy atom. The fourth-order valence-electron chi connectivity index (χ4n) is 2.42. The van der Waals surface area contributed by atoms with Gasteiger partial charge in [-0.05, 0) is 44.0 Å². The molecule has 1 aromatic carbocycles. The van der Waals surface area contributed by atoms with Gasteiger partial charge in [-0.15, -0.1) is 0 Å². The Hall–Kier alpha value is -2.76. The Morgan fingerprint density at radius 2 is 1.96 bits per heavy atom. The number of nitrogen functional groups attached to an aromatic ring is 1. The number of hydrogen-bond donors (Lipinski definition) is 2. The number of carboxylic acid groups (broad SMARTS) is 1. The van der Waals surface area contributed by atoms with Crippen molar-refractivity contribution in [3.05, 3.63) is 35.6 Å². The smallest absolute Gasteiger partial charge is 0.374 e. The van der Waals surface area contributed by atoms with Crippen LogP contribution in [0.5, 0.6) is 0 Å². The minimum Gasteiger partial charge on any atom is -0.475 e. The third kappa shape index (κ3) is 3.21. The fraction of sp³-hybridized carbons (Fsp3) is 0.294. The van der Waals surface area contributed by atoms with Gasteiger partial charge in [-0.3, -0.25) is 4.79 Å². The van der Waals surface area contributed by atoms with E-state index < -0.39 is 5.97 Å². The van der Waals surface area contributed by atoms with Crippen molar-refractivity contribution in [2.75, 3.05) is 18.8 Å². The molecule has 0 aliphatic heterocycles. The molecular weight excluding hydrogens is 296 g/mol. The van der Waals surface area contributed by atoms with Gasteiger partial charge in [0.15, 0.2) is 0 Å². The van der Waals surface area contributed by atoms with Crippen LogP contribution in [0.15, 0.2) is 28.7 Å². The average molecular weight is 316 g/mol. The molecule has 0 atom stereocenters. The van der Waals surface area contributed by atoms with E-state index in [0.717, 1.165) is 11.1 Å². The molecule has 0 saturated heterocycles. The maximum Gasteiger partial charge on any atom is 0.374 e. The van der Waals surface area contributed by atoms with Crippen molar-refractivity contribution in [3.63, 3.8) is 0 Å². The average Bonchev–Trinajstić information content (AvgIpc) is 2.85. The zero-order valence-electron chi connectivity index (χ0n) is 13.4. The van der Waals surface area contributed by atoms with E-state index >= 15 is 0 Å². The number of carbonyl (C=O) groups is 2. The molecular formula is C17H20N2O4. The molecule has 2 aromatic rings. The maximum absolute atomic E-state index is 12.1. The van der Waals surface area contributed by atoms with Gasteiger partial charge in [0.1, 0.15) is 5.58 Å². The normalized spacial score (nSPS) is 11.7. The summed E-state index contributed by atoms with van der Waals surface area (Å²) < 4.78 is 5.23. The minimum atomic E-state index is -1.20. The van der Waals surface area contributed by atoms with Crippen molar-refractivity contribution in [2.24, 2.45) is 0 Å². The van der Waals surface area contributed by atoms with Crippen molar-refractivity contribution >= 4 is 34.1 Å². The van der Waals surface area contributed by atoms with E-state index in [2.05, 4.69) is 0 Å². The van der Waals surface area contributed by atoms with Crippen molar-refractivity contribution in [1.29, 1.82) is 0 Å². The summed E-state index contributed by atoms with van der Waals surface area (Å²) in [7, 11) is 0. The van der Waals surface area contributed by atoms with E-state index in [-0.39, 0.29) is 17.4 Å². The fourth-order valence-corrected chi connectivity index (χ4v) is 2.42. The molecule has 3 N–H and O–H groups in total. The quantitative estimate of drug-likeness (QED) is 0.827. The lowest BCUT2D eigenvalue weighted by atomic mass is 10.0. The monoisotopic (exact) mass is 316 g/mol. The van der Waals surface area contributed by atoms with Crippen LogP contribution in [-0.2, 0) is 4.79 Å². The zero-order valence-corrected chi connectivity index (χ0v) is 13.4. The van der Waals surface area contributed by atoms with E-state index in [4.69, 9.17) is 15.3 Å². The predicted octanol–water partition coefficient (Wildman–Crippen LogP) is 2.98. The molecule has 0 saturated carbocycles. The first-order chi connectivity index (χ1) is 10.9.